The number of nitrogens with zero attached hydrogens (tertiary/aromatic N) is 3. The summed E-state index contributed by atoms with van der Waals surface area (Å²) in [5.74, 6) is -0.326. The normalized spacial score (nSPS) is 9.63. The van der Waals surface area contributed by atoms with Crippen molar-refractivity contribution >= 4 is 26.9 Å². The van der Waals surface area contributed by atoms with Crippen molar-refractivity contribution in [3.8, 4) is 0 Å². The van der Waals surface area contributed by atoms with E-state index in [9.17, 15) is 4.79 Å². The van der Waals surface area contributed by atoms with Crippen molar-refractivity contribution in [1.29, 1.82) is 0 Å². The minimum absolute atomic E-state index is 0.326. The number of hydrogen-bond acceptors (Lipinski definition) is 3. The van der Waals surface area contributed by atoms with Crippen molar-refractivity contribution in [3.05, 3.63) is 87.5 Å². The summed E-state index contributed by atoms with van der Waals surface area (Å²) in [7, 11) is 8.57. The average molecular weight is 603 g/mol. The molecule has 0 fully saturated rings. The Hall–Kier alpha value is -2.07. The number of hydrogen-bond donors (Lipinski definition) is 0. The summed E-state index contributed by atoms with van der Waals surface area (Å²) in [5, 5.41) is 4.01. The van der Waals surface area contributed by atoms with Gasteiger partial charge in [0.2, 0.25) is 0 Å². The molecule has 0 bridgehead atoms. The van der Waals surface area contributed by atoms with Gasteiger partial charge in [0.25, 0.3) is 0 Å². The SMILES string of the molecule is CN(C)c1ccc([N-]C(=O)c2ccccn2)cc1.Cc1c(C)c(C)[c-](C)c1C.[Cl][Ir+2]. The molecule has 0 spiro atoms. The first-order valence-electron chi connectivity index (χ1n) is 9.49. The van der Waals surface area contributed by atoms with Crippen molar-refractivity contribution in [2.24, 2.45) is 0 Å². The molecule has 0 saturated carbocycles. The van der Waals surface area contributed by atoms with Crippen molar-refractivity contribution in [1.82, 2.24) is 4.98 Å². The molecule has 2 aromatic carbocycles. The van der Waals surface area contributed by atoms with E-state index in [1.807, 2.05) is 43.3 Å². The summed E-state index contributed by atoms with van der Waals surface area (Å²) in [6.07, 6.45) is 1.58. The van der Waals surface area contributed by atoms with Gasteiger partial charge in [-0.15, -0.1) is 5.69 Å². The fourth-order valence-electron chi connectivity index (χ4n) is 2.90. The molecule has 30 heavy (non-hydrogen) atoms. The van der Waals surface area contributed by atoms with E-state index in [0.717, 1.165) is 5.69 Å². The third-order valence-corrected chi connectivity index (χ3v) is 5.29. The Morgan fingerprint density at radius 3 is 1.87 bits per heavy atom. The standard InChI is InChI=1S/C14H15N3O.C10H15.ClH.Ir/c1-17(2)12-8-6-11(7-9-12)16-14(18)13-5-3-4-10-15-13;1-6-7(2)9(4)10(5)8(6)3;;/h3-10H,1-2H3,(H,16,18);1-5H3;1H;/q;-1;;+3/p-2. The summed E-state index contributed by atoms with van der Waals surface area (Å²) in [6.45, 7) is 11.0. The molecule has 1 aromatic heterocycles. The summed E-state index contributed by atoms with van der Waals surface area (Å²) in [4.78, 5) is 17.8. The van der Waals surface area contributed by atoms with E-state index in [4.69, 9.17) is 0 Å². The van der Waals surface area contributed by atoms with Crippen LogP contribution in [0, 0.1) is 34.6 Å². The number of amides is 1. The van der Waals surface area contributed by atoms with Crippen molar-refractivity contribution in [3.63, 3.8) is 0 Å². The Morgan fingerprint density at radius 1 is 0.967 bits per heavy atom. The van der Waals surface area contributed by atoms with Gasteiger partial charge >= 0.3 is 27.5 Å². The van der Waals surface area contributed by atoms with Crippen molar-refractivity contribution in [2.75, 3.05) is 19.0 Å². The van der Waals surface area contributed by atoms with Gasteiger partial charge in [-0.1, -0.05) is 52.8 Å². The molecule has 1 heterocycles. The van der Waals surface area contributed by atoms with Gasteiger partial charge < -0.3 is 15.0 Å². The number of aromatic nitrogens is 1. The summed E-state index contributed by atoms with van der Waals surface area (Å²) in [6, 6.07) is 12.7. The molecule has 0 atom stereocenters. The number of benzene rings is 1. The Balaban J connectivity index is 0.000000318. The number of carbonyl (C=O) groups is 1. The van der Waals surface area contributed by atoms with Crippen LogP contribution in [0.15, 0.2) is 48.7 Å². The zero-order chi connectivity index (χ0) is 22.8. The number of pyridine rings is 1. The number of rotatable bonds is 3. The van der Waals surface area contributed by atoms with Gasteiger partial charge in [0.1, 0.15) is 5.91 Å². The van der Waals surface area contributed by atoms with Crippen LogP contribution in [0.4, 0.5) is 11.4 Å². The van der Waals surface area contributed by atoms with Crippen LogP contribution in [0.3, 0.4) is 0 Å². The third-order valence-electron chi connectivity index (χ3n) is 5.29. The molecular formula is C24H29ClIrN3O. The minimum atomic E-state index is -0.326. The van der Waals surface area contributed by atoms with E-state index in [1.54, 1.807) is 24.4 Å². The molecule has 0 unspecified atom stereocenters. The topological polar surface area (TPSA) is 47.3 Å². The third kappa shape index (κ3) is 7.01. The second-order valence-corrected chi connectivity index (χ2v) is 7.17. The van der Waals surface area contributed by atoms with Gasteiger partial charge in [0, 0.05) is 26.0 Å². The molecule has 162 valence electrons. The molecule has 0 aliphatic heterocycles. The first-order valence-corrected chi connectivity index (χ1v) is 12.5. The summed E-state index contributed by atoms with van der Waals surface area (Å²) in [5.41, 5.74) is 9.40. The van der Waals surface area contributed by atoms with Gasteiger partial charge in [0.15, 0.2) is 0 Å². The number of anilines is 1. The zero-order valence-corrected chi connectivity index (χ0v) is 21.7. The van der Waals surface area contributed by atoms with E-state index in [-0.39, 0.29) is 5.91 Å². The maximum absolute atomic E-state index is 11.8. The Kier molecular flexibility index (Phi) is 10.9. The molecule has 4 nitrogen and oxygen atoms in total. The van der Waals surface area contributed by atoms with Crippen LogP contribution in [0.25, 0.3) is 5.32 Å². The quantitative estimate of drug-likeness (QED) is 0.316. The van der Waals surface area contributed by atoms with Gasteiger partial charge in [-0.05, 0) is 24.3 Å². The van der Waals surface area contributed by atoms with E-state index in [1.165, 1.54) is 45.7 Å². The van der Waals surface area contributed by atoms with Gasteiger partial charge in [-0.3, -0.25) is 4.98 Å². The van der Waals surface area contributed by atoms with Gasteiger partial charge in [-0.2, -0.15) is 27.8 Å². The molecule has 3 aromatic rings. The first kappa shape index (κ1) is 26.0. The Morgan fingerprint density at radius 2 is 1.50 bits per heavy atom. The van der Waals surface area contributed by atoms with E-state index < -0.39 is 0 Å². The maximum atomic E-state index is 11.8. The Labute approximate surface area is 195 Å². The molecular weight excluding hydrogens is 574 g/mol. The summed E-state index contributed by atoms with van der Waals surface area (Å²) >= 11 is 1.47. The Bertz CT molecular complexity index is 855. The molecule has 3 rings (SSSR count). The van der Waals surface area contributed by atoms with Crippen LogP contribution in [-0.2, 0) is 17.9 Å². The van der Waals surface area contributed by atoms with Crippen molar-refractivity contribution < 1.29 is 22.7 Å². The fourth-order valence-corrected chi connectivity index (χ4v) is 2.90. The number of carbonyl (C=O) groups excluding carboxylic acids is 1. The fraction of sp³-hybridized carbons (Fsp3) is 0.292. The summed E-state index contributed by atoms with van der Waals surface area (Å²) < 4.78 is 0. The van der Waals surface area contributed by atoms with Gasteiger partial charge in [0.05, 0.1) is 5.69 Å². The predicted octanol–water partition coefficient (Wildman–Crippen LogP) is 6.63. The molecule has 6 heteroatoms. The second-order valence-electron chi connectivity index (χ2n) is 7.17. The molecule has 0 saturated heterocycles. The monoisotopic (exact) mass is 603 g/mol. The van der Waals surface area contributed by atoms with Crippen LogP contribution in [-0.4, -0.2) is 25.0 Å². The van der Waals surface area contributed by atoms with E-state index in [0.29, 0.717) is 11.4 Å². The molecule has 0 aliphatic rings. The molecule has 0 radical (unpaired) electrons. The second kappa shape index (κ2) is 12.6. The average Bonchev–Trinajstić information content (AvgIpc) is 2.94. The molecule has 0 aliphatic carbocycles. The van der Waals surface area contributed by atoms with Crippen LogP contribution >= 0.6 is 9.58 Å². The molecule has 0 N–H and O–H groups in total. The number of halogens is 1. The van der Waals surface area contributed by atoms with Crippen LogP contribution in [0.5, 0.6) is 0 Å². The van der Waals surface area contributed by atoms with Crippen molar-refractivity contribution in [2.45, 2.75) is 34.6 Å². The van der Waals surface area contributed by atoms with Crippen LogP contribution < -0.4 is 4.90 Å². The van der Waals surface area contributed by atoms with E-state index in [2.05, 4.69) is 54.5 Å². The first-order chi connectivity index (χ1) is 14.2. The predicted molar refractivity (Wildman–Crippen MR) is 124 cm³/mol. The van der Waals surface area contributed by atoms with Gasteiger partial charge in [-0.25, -0.2) is 0 Å². The molecule has 1 amide bonds. The van der Waals surface area contributed by atoms with Crippen LogP contribution in [0.1, 0.15) is 38.3 Å². The van der Waals surface area contributed by atoms with Crippen LogP contribution in [0.2, 0.25) is 0 Å². The van der Waals surface area contributed by atoms with E-state index >= 15 is 0 Å². The zero-order valence-electron chi connectivity index (χ0n) is 18.6.